The van der Waals surface area contributed by atoms with Gasteiger partial charge in [-0.15, -0.1) is 0 Å². The van der Waals surface area contributed by atoms with Crippen LogP contribution >= 0.6 is 0 Å². The average molecular weight is 436 g/mol. The van der Waals surface area contributed by atoms with E-state index < -0.39 is 0 Å². The van der Waals surface area contributed by atoms with Gasteiger partial charge in [-0.25, -0.2) is 9.97 Å². The predicted molar refractivity (Wildman–Crippen MR) is 133 cm³/mol. The zero-order valence-corrected chi connectivity index (χ0v) is 18.3. The Labute approximate surface area is 193 Å². The highest BCUT2D eigenvalue weighted by molar-refractivity contribution is 6.04. The summed E-state index contributed by atoms with van der Waals surface area (Å²) >= 11 is 0. The molecular weight excluding hydrogens is 410 g/mol. The van der Waals surface area contributed by atoms with E-state index in [0.717, 1.165) is 43.1 Å². The predicted octanol–water partition coefficient (Wildman–Crippen LogP) is 4.72. The molecule has 6 heteroatoms. The second-order valence-electron chi connectivity index (χ2n) is 7.97. The molecule has 5 rings (SSSR count). The maximum Gasteiger partial charge on any atom is 0.256 e. The molecule has 1 fully saturated rings. The van der Waals surface area contributed by atoms with Crippen molar-refractivity contribution >= 4 is 23.2 Å². The van der Waals surface area contributed by atoms with E-state index in [2.05, 4.69) is 61.5 Å². The van der Waals surface area contributed by atoms with E-state index in [4.69, 9.17) is 0 Å². The van der Waals surface area contributed by atoms with Gasteiger partial charge in [0.05, 0.1) is 0 Å². The van der Waals surface area contributed by atoms with Crippen LogP contribution in [0.3, 0.4) is 0 Å². The Kier molecular flexibility index (Phi) is 5.97. The van der Waals surface area contributed by atoms with Crippen LogP contribution in [0, 0.1) is 0 Å². The quantitative estimate of drug-likeness (QED) is 0.491. The SMILES string of the molecule is O=C(Nc1cc(N2CCN(c3ccccc3)CC2)ncn1)c1ccc(-c2ccccc2)cc1. The van der Waals surface area contributed by atoms with Crippen molar-refractivity contribution in [2.45, 2.75) is 0 Å². The lowest BCUT2D eigenvalue weighted by molar-refractivity contribution is 0.102. The van der Waals surface area contributed by atoms with Crippen LogP contribution in [-0.4, -0.2) is 42.1 Å². The fraction of sp³-hybridized carbons (Fsp3) is 0.148. The number of nitrogens with zero attached hydrogens (tertiary/aromatic N) is 4. The molecule has 33 heavy (non-hydrogen) atoms. The number of hydrogen-bond acceptors (Lipinski definition) is 5. The first-order chi connectivity index (χ1) is 16.3. The van der Waals surface area contributed by atoms with E-state index in [9.17, 15) is 4.79 Å². The summed E-state index contributed by atoms with van der Waals surface area (Å²) < 4.78 is 0. The zero-order valence-electron chi connectivity index (χ0n) is 18.3. The Morgan fingerprint density at radius 1 is 0.697 bits per heavy atom. The largest absolute Gasteiger partial charge is 0.368 e. The second kappa shape index (κ2) is 9.53. The maximum absolute atomic E-state index is 12.8. The topological polar surface area (TPSA) is 61.4 Å². The number of anilines is 3. The van der Waals surface area contributed by atoms with Crippen LogP contribution in [0.25, 0.3) is 11.1 Å². The first kappa shape index (κ1) is 20.7. The van der Waals surface area contributed by atoms with Crippen molar-refractivity contribution < 1.29 is 4.79 Å². The number of carbonyl (C=O) groups excluding carboxylic acids is 1. The number of benzene rings is 3. The number of aromatic nitrogens is 2. The van der Waals surface area contributed by atoms with Crippen LogP contribution < -0.4 is 15.1 Å². The highest BCUT2D eigenvalue weighted by Gasteiger charge is 2.19. The van der Waals surface area contributed by atoms with Gasteiger partial charge < -0.3 is 15.1 Å². The van der Waals surface area contributed by atoms with Gasteiger partial charge in [-0.2, -0.15) is 0 Å². The van der Waals surface area contributed by atoms with Crippen LogP contribution in [0.5, 0.6) is 0 Å². The highest BCUT2D eigenvalue weighted by atomic mass is 16.1. The molecule has 3 aromatic carbocycles. The van der Waals surface area contributed by atoms with Crippen molar-refractivity contribution in [1.29, 1.82) is 0 Å². The number of piperazine rings is 1. The highest BCUT2D eigenvalue weighted by Crippen LogP contribution is 2.22. The van der Waals surface area contributed by atoms with Crippen molar-refractivity contribution in [3.05, 3.63) is 103 Å². The van der Waals surface area contributed by atoms with Gasteiger partial charge in [-0.1, -0.05) is 60.7 Å². The molecule has 1 saturated heterocycles. The van der Waals surface area contributed by atoms with Gasteiger partial charge in [0.1, 0.15) is 18.0 Å². The molecule has 0 radical (unpaired) electrons. The van der Waals surface area contributed by atoms with Gasteiger partial charge in [0.15, 0.2) is 0 Å². The van der Waals surface area contributed by atoms with Crippen LogP contribution in [-0.2, 0) is 0 Å². The molecule has 0 aliphatic carbocycles. The van der Waals surface area contributed by atoms with E-state index in [1.165, 1.54) is 12.0 Å². The number of hydrogen-bond donors (Lipinski definition) is 1. The van der Waals surface area contributed by atoms with Gasteiger partial charge in [0, 0.05) is 43.5 Å². The van der Waals surface area contributed by atoms with Crippen molar-refractivity contribution in [3.63, 3.8) is 0 Å². The molecule has 0 bridgehead atoms. The number of para-hydroxylation sites is 1. The minimum absolute atomic E-state index is 0.187. The third kappa shape index (κ3) is 4.85. The minimum atomic E-state index is -0.187. The fourth-order valence-electron chi connectivity index (χ4n) is 4.05. The molecule has 1 aromatic heterocycles. The third-order valence-corrected chi connectivity index (χ3v) is 5.87. The summed E-state index contributed by atoms with van der Waals surface area (Å²) in [5.41, 5.74) is 4.03. The average Bonchev–Trinajstić information content (AvgIpc) is 2.90. The van der Waals surface area contributed by atoms with Gasteiger partial charge in [0.25, 0.3) is 5.91 Å². The Balaban J connectivity index is 1.22. The normalized spacial score (nSPS) is 13.6. The van der Waals surface area contributed by atoms with E-state index in [1.54, 1.807) is 0 Å². The number of amides is 1. The number of carbonyl (C=O) groups is 1. The zero-order chi connectivity index (χ0) is 22.5. The molecule has 4 aromatic rings. The molecule has 0 unspecified atom stereocenters. The van der Waals surface area contributed by atoms with Gasteiger partial charge in [-0.05, 0) is 35.4 Å². The Morgan fingerprint density at radius 2 is 1.30 bits per heavy atom. The van der Waals surface area contributed by atoms with Crippen molar-refractivity contribution in [1.82, 2.24) is 9.97 Å². The molecule has 1 N–H and O–H groups in total. The first-order valence-electron chi connectivity index (χ1n) is 11.1. The lowest BCUT2D eigenvalue weighted by Gasteiger charge is -2.36. The van der Waals surface area contributed by atoms with E-state index >= 15 is 0 Å². The summed E-state index contributed by atoms with van der Waals surface area (Å²) in [5, 5.41) is 2.90. The van der Waals surface area contributed by atoms with Crippen LogP contribution in [0.2, 0.25) is 0 Å². The van der Waals surface area contributed by atoms with Crippen LogP contribution in [0.15, 0.2) is 97.3 Å². The lowest BCUT2D eigenvalue weighted by Crippen LogP contribution is -2.46. The maximum atomic E-state index is 12.8. The Hall–Kier alpha value is -4.19. The Bertz CT molecular complexity index is 1200. The summed E-state index contributed by atoms with van der Waals surface area (Å²) in [7, 11) is 0. The standard InChI is InChI=1S/C27H25N5O/c33-27(23-13-11-22(12-14-23)21-7-3-1-4-8-21)30-25-19-26(29-20-28-25)32-17-15-31(16-18-32)24-9-5-2-6-10-24/h1-14,19-20H,15-18H2,(H,28,29,30,33). The molecule has 164 valence electrons. The monoisotopic (exact) mass is 435 g/mol. The van der Waals surface area contributed by atoms with Crippen LogP contribution in [0.4, 0.5) is 17.3 Å². The lowest BCUT2D eigenvalue weighted by atomic mass is 10.0. The molecule has 1 aliphatic heterocycles. The molecule has 0 atom stereocenters. The van der Waals surface area contributed by atoms with Crippen molar-refractivity contribution in [3.8, 4) is 11.1 Å². The molecule has 1 amide bonds. The minimum Gasteiger partial charge on any atom is -0.368 e. The smallest absolute Gasteiger partial charge is 0.256 e. The summed E-state index contributed by atoms with van der Waals surface area (Å²) in [5.74, 6) is 1.14. The third-order valence-electron chi connectivity index (χ3n) is 5.87. The second-order valence-corrected chi connectivity index (χ2v) is 7.97. The first-order valence-corrected chi connectivity index (χ1v) is 11.1. The number of rotatable bonds is 5. The molecule has 6 nitrogen and oxygen atoms in total. The van der Waals surface area contributed by atoms with Crippen molar-refractivity contribution in [2.75, 3.05) is 41.3 Å². The van der Waals surface area contributed by atoms with Gasteiger partial charge in [0.2, 0.25) is 0 Å². The van der Waals surface area contributed by atoms with E-state index in [-0.39, 0.29) is 5.91 Å². The van der Waals surface area contributed by atoms with E-state index in [1.807, 2.05) is 54.6 Å². The summed E-state index contributed by atoms with van der Waals surface area (Å²) in [6.45, 7) is 3.56. The molecule has 1 aliphatic rings. The van der Waals surface area contributed by atoms with Gasteiger partial charge >= 0.3 is 0 Å². The van der Waals surface area contributed by atoms with Gasteiger partial charge in [-0.3, -0.25) is 4.79 Å². The number of nitrogens with one attached hydrogen (secondary N) is 1. The fourth-order valence-corrected chi connectivity index (χ4v) is 4.05. The molecule has 0 saturated carbocycles. The summed E-state index contributed by atoms with van der Waals surface area (Å²) in [6, 6.07) is 30.0. The summed E-state index contributed by atoms with van der Waals surface area (Å²) in [6.07, 6.45) is 1.51. The molecule has 0 spiro atoms. The van der Waals surface area contributed by atoms with Crippen LogP contribution in [0.1, 0.15) is 10.4 Å². The van der Waals surface area contributed by atoms with Crippen molar-refractivity contribution in [2.24, 2.45) is 0 Å². The molecular formula is C27H25N5O. The summed E-state index contributed by atoms with van der Waals surface area (Å²) in [4.78, 5) is 26.0. The molecule has 2 heterocycles. The Morgan fingerprint density at radius 3 is 2.00 bits per heavy atom. The van der Waals surface area contributed by atoms with E-state index in [0.29, 0.717) is 11.4 Å².